The van der Waals surface area contributed by atoms with Crippen LogP contribution < -0.4 is 5.32 Å². The largest absolute Gasteiger partial charge is 0.478 e. The van der Waals surface area contributed by atoms with Gasteiger partial charge in [0, 0.05) is 37.1 Å². The number of carbonyl (C=O) groups excluding carboxylic acids is 1. The van der Waals surface area contributed by atoms with Crippen molar-refractivity contribution in [2.45, 2.75) is 13.0 Å². The molecule has 2 rings (SSSR count). The second kappa shape index (κ2) is 7.04. The second-order valence-corrected chi connectivity index (χ2v) is 4.40. The number of anilines is 1. The van der Waals surface area contributed by atoms with Gasteiger partial charge in [0.25, 0.3) is 0 Å². The van der Waals surface area contributed by atoms with Gasteiger partial charge in [0.15, 0.2) is 0 Å². The summed E-state index contributed by atoms with van der Waals surface area (Å²) in [5.41, 5.74) is 1.35. The molecular weight excluding hydrogens is 270 g/mol. The lowest BCUT2D eigenvalue weighted by molar-refractivity contribution is -0.131. The average molecular weight is 285 g/mol. The highest BCUT2D eigenvalue weighted by molar-refractivity contribution is 5.91. The van der Waals surface area contributed by atoms with Gasteiger partial charge in [-0.15, -0.1) is 0 Å². The van der Waals surface area contributed by atoms with Crippen molar-refractivity contribution in [3.05, 3.63) is 54.6 Å². The molecule has 0 atom stereocenters. The Balaban J connectivity index is 1.91. The number of aryl methyl sites for hydroxylation is 1. The first kappa shape index (κ1) is 14.5. The van der Waals surface area contributed by atoms with Crippen molar-refractivity contribution < 1.29 is 14.7 Å². The number of aliphatic carboxylic acids is 1. The van der Waals surface area contributed by atoms with Crippen molar-refractivity contribution in [1.82, 2.24) is 9.55 Å². The molecule has 0 aliphatic heterocycles. The third-order valence-electron chi connectivity index (χ3n) is 2.75. The normalized spacial score (nSPS) is 10.7. The van der Waals surface area contributed by atoms with E-state index < -0.39 is 5.97 Å². The molecule has 1 heterocycles. The van der Waals surface area contributed by atoms with E-state index in [1.54, 1.807) is 43.0 Å². The lowest BCUT2D eigenvalue weighted by atomic mass is 10.2. The van der Waals surface area contributed by atoms with E-state index in [1.807, 2.05) is 4.57 Å². The van der Waals surface area contributed by atoms with Crippen molar-refractivity contribution >= 4 is 23.6 Å². The Morgan fingerprint density at radius 1 is 1.38 bits per heavy atom. The Morgan fingerprint density at radius 2 is 2.24 bits per heavy atom. The number of amides is 1. The zero-order valence-electron chi connectivity index (χ0n) is 11.3. The molecule has 2 aromatic rings. The molecule has 0 saturated carbocycles. The lowest BCUT2D eigenvalue weighted by Crippen LogP contribution is -2.14. The highest BCUT2D eigenvalue weighted by Crippen LogP contribution is 2.12. The van der Waals surface area contributed by atoms with Crippen LogP contribution in [-0.4, -0.2) is 26.5 Å². The molecular formula is C15H15N3O3. The van der Waals surface area contributed by atoms with Gasteiger partial charge in [-0.1, -0.05) is 12.1 Å². The zero-order valence-corrected chi connectivity index (χ0v) is 11.3. The summed E-state index contributed by atoms with van der Waals surface area (Å²) < 4.78 is 1.83. The molecule has 21 heavy (non-hydrogen) atoms. The number of imidazole rings is 1. The van der Waals surface area contributed by atoms with Crippen LogP contribution in [0, 0.1) is 0 Å². The summed E-state index contributed by atoms with van der Waals surface area (Å²) in [6, 6.07) is 7.00. The number of benzene rings is 1. The number of aromatic nitrogens is 2. The fourth-order valence-electron chi connectivity index (χ4n) is 1.76. The first-order chi connectivity index (χ1) is 10.1. The van der Waals surface area contributed by atoms with Crippen LogP contribution in [0.5, 0.6) is 0 Å². The molecule has 0 unspecified atom stereocenters. The summed E-state index contributed by atoms with van der Waals surface area (Å²) >= 11 is 0. The highest BCUT2D eigenvalue weighted by atomic mass is 16.4. The van der Waals surface area contributed by atoms with Crippen LogP contribution in [0.3, 0.4) is 0 Å². The fourth-order valence-corrected chi connectivity index (χ4v) is 1.76. The Bertz CT molecular complexity index is 648. The quantitative estimate of drug-likeness (QED) is 0.795. The highest BCUT2D eigenvalue weighted by Gasteiger charge is 2.03. The maximum absolute atomic E-state index is 11.8. The summed E-state index contributed by atoms with van der Waals surface area (Å²) in [4.78, 5) is 26.2. The Hall–Kier alpha value is -2.89. The smallest absolute Gasteiger partial charge is 0.328 e. The molecule has 108 valence electrons. The SMILES string of the molecule is O=C(O)C=Cc1cccc(NC(=O)CCn2ccnc2)c1. The van der Waals surface area contributed by atoms with Crippen molar-refractivity contribution in [2.75, 3.05) is 5.32 Å². The van der Waals surface area contributed by atoms with Crippen LogP contribution in [0.25, 0.3) is 6.08 Å². The van der Waals surface area contributed by atoms with E-state index in [2.05, 4.69) is 10.3 Å². The van der Waals surface area contributed by atoms with Crippen LogP contribution in [0.2, 0.25) is 0 Å². The molecule has 0 fully saturated rings. The maximum atomic E-state index is 11.8. The zero-order chi connectivity index (χ0) is 15.1. The van der Waals surface area contributed by atoms with Gasteiger partial charge in [-0.25, -0.2) is 9.78 Å². The number of hydrogen-bond acceptors (Lipinski definition) is 3. The molecule has 6 nitrogen and oxygen atoms in total. The van der Waals surface area contributed by atoms with Crippen molar-refractivity contribution in [1.29, 1.82) is 0 Å². The summed E-state index contributed by atoms with van der Waals surface area (Å²) in [6.45, 7) is 0.560. The fraction of sp³-hybridized carbons (Fsp3) is 0.133. The number of hydrogen-bond donors (Lipinski definition) is 2. The van der Waals surface area contributed by atoms with E-state index >= 15 is 0 Å². The number of nitrogens with one attached hydrogen (secondary N) is 1. The van der Waals surface area contributed by atoms with Crippen LogP contribution in [0.15, 0.2) is 49.1 Å². The van der Waals surface area contributed by atoms with Crippen LogP contribution >= 0.6 is 0 Å². The van der Waals surface area contributed by atoms with E-state index in [0.29, 0.717) is 24.2 Å². The third-order valence-corrected chi connectivity index (χ3v) is 2.75. The Morgan fingerprint density at radius 3 is 2.95 bits per heavy atom. The van der Waals surface area contributed by atoms with Gasteiger partial charge < -0.3 is 15.0 Å². The monoisotopic (exact) mass is 285 g/mol. The molecule has 2 N–H and O–H groups in total. The van der Waals surface area contributed by atoms with E-state index in [0.717, 1.165) is 6.08 Å². The number of carbonyl (C=O) groups is 2. The van der Waals surface area contributed by atoms with Crippen molar-refractivity contribution in [3.8, 4) is 0 Å². The van der Waals surface area contributed by atoms with Gasteiger partial charge in [-0.2, -0.15) is 0 Å². The van der Waals surface area contributed by atoms with Crippen LogP contribution in [0.4, 0.5) is 5.69 Å². The molecule has 0 aliphatic rings. The molecule has 6 heteroatoms. The summed E-state index contributed by atoms with van der Waals surface area (Å²) in [6.07, 6.45) is 7.99. The van der Waals surface area contributed by atoms with E-state index in [-0.39, 0.29) is 5.91 Å². The molecule has 0 bridgehead atoms. The predicted molar refractivity (Wildman–Crippen MR) is 78.6 cm³/mol. The van der Waals surface area contributed by atoms with Gasteiger partial charge in [-0.3, -0.25) is 4.79 Å². The molecule has 0 aliphatic carbocycles. The summed E-state index contributed by atoms with van der Waals surface area (Å²) in [5.74, 6) is -1.12. The molecule has 0 radical (unpaired) electrons. The van der Waals surface area contributed by atoms with E-state index in [1.165, 1.54) is 6.08 Å². The first-order valence-electron chi connectivity index (χ1n) is 6.40. The second-order valence-electron chi connectivity index (χ2n) is 4.40. The third kappa shape index (κ3) is 4.94. The molecule has 0 saturated heterocycles. The standard InChI is InChI=1S/C15H15N3O3/c19-14(6-8-18-9-7-16-11-18)17-13-3-1-2-12(10-13)4-5-15(20)21/h1-5,7,9-11H,6,8H2,(H,17,19)(H,20,21). The van der Waals surface area contributed by atoms with Gasteiger partial charge in [0.1, 0.15) is 0 Å². The van der Waals surface area contributed by atoms with Crippen LogP contribution in [-0.2, 0) is 16.1 Å². The number of rotatable bonds is 6. The minimum atomic E-state index is -1.01. The van der Waals surface area contributed by atoms with Crippen LogP contribution in [0.1, 0.15) is 12.0 Å². The first-order valence-corrected chi connectivity index (χ1v) is 6.40. The van der Waals surface area contributed by atoms with Gasteiger partial charge >= 0.3 is 5.97 Å². The molecule has 0 spiro atoms. The average Bonchev–Trinajstić information content (AvgIpc) is 2.97. The van der Waals surface area contributed by atoms with Gasteiger partial charge in [0.05, 0.1) is 6.33 Å². The molecule has 1 aromatic heterocycles. The van der Waals surface area contributed by atoms with E-state index in [4.69, 9.17) is 5.11 Å². The van der Waals surface area contributed by atoms with Crippen molar-refractivity contribution in [3.63, 3.8) is 0 Å². The minimum absolute atomic E-state index is 0.108. The number of nitrogens with zero attached hydrogens (tertiary/aromatic N) is 2. The predicted octanol–water partition coefficient (Wildman–Crippen LogP) is 2.01. The number of carboxylic acid groups (broad SMARTS) is 1. The maximum Gasteiger partial charge on any atom is 0.328 e. The molecule has 1 aromatic carbocycles. The van der Waals surface area contributed by atoms with E-state index in [9.17, 15) is 9.59 Å². The van der Waals surface area contributed by atoms with Gasteiger partial charge in [0.2, 0.25) is 5.91 Å². The topological polar surface area (TPSA) is 84.2 Å². The summed E-state index contributed by atoms with van der Waals surface area (Å²) in [5, 5.41) is 11.4. The summed E-state index contributed by atoms with van der Waals surface area (Å²) in [7, 11) is 0. The Labute approximate surface area is 121 Å². The Kier molecular flexibility index (Phi) is 4.87. The number of carboxylic acids is 1. The van der Waals surface area contributed by atoms with Crippen molar-refractivity contribution in [2.24, 2.45) is 0 Å². The minimum Gasteiger partial charge on any atom is -0.478 e. The lowest BCUT2D eigenvalue weighted by Gasteiger charge is -2.06. The molecule has 1 amide bonds. The van der Waals surface area contributed by atoms with Gasteiger partial charge in [-0.05, 0) is 23.8 Å².